The number of aromatic amines is 1. The number of nitrogens with one attached hydrogen (secondary N) is 2. The number of rotatable bonds is 5. The predicted molar refractivity (Wildman–Crippen MR) is 89.9 cm³/mol. The van der Waals surface area contributed by atoms with Crippen molar-refractivity contribution in [2.24, 2.45) is 0 Å². The number of para-hydroxylation sites is 1. The molecule has 0 fully saturated rings. The fourth-order valence-electron chi connectivity index (χ4n) is 2.63. The molecule has 1 amide bonds. The smallest absolute Gasteiger partial charge is 0.224 e. The van der Waals surface area contributed by atoms with Gasteiger partial charge in [0.2, 0.25) is 5.91 Å². The van der Waals surface area contributed by atoms with Crippen molar-refractivity contribution in [3.63, 3.8) is 0 Å². The molecule has 0 unspecified atom stereocenters. The fraction of sp³-hybridized carbons (Fsp3) is 0.211. The highest BCUT2D eigenvalue weighted by molar-refractivity contribution is 5.83. The zero-order chi connectivity index (χ0) is 15.4. The first-order chi connectivity index (χ1) is 10.7. The maximum atomic E-state index is 12.0. The minimum Gasteiger partial charge on any atom is -0.361 e. The Kier molecular flexibility index (Phi) is 4.24. The van der Waals surface area contributed by atoms with E-state index in [0.29, 0.717) is 13.0 Å². The number of benzene rings is 2. The van der Waals surface area contributed by atoms with E-state index < -0.39 is 0 Å². The third kappa shape index (κ3) is 3.37. The Morgan fingerprint density at radius 2 is 1.86 bits per heavy atom. The SMILES string of the molecule is Cc1ccc(CC(=O)NCCc2c[nH]c3ccccc23)cc1. The van der Waals surface area contributed by atoms with Crippen molar-refractivity contribution < 1.29 is 4.79 Å². The second-order valence-corrected chi connectivity index (χ2v) is 5.62. The van der Waals surface area contributed by atoms with Crippen LogP contribution in [0, 0.1) is 6.92 Å². The lowest BCUT2D eigenvalue weighted by Gasteiger charge is -2.05. The number of hydrogen-bond acceptors (Lipinski definition) is 1. The third-order valence-electron chi connectivity index (χ3n) is 3.88. The number of aromatic nitrogens is 1. The standard InChI is InChI=1S/C19H20N2O/c1-14-6-8-15(9-7-14)12-19(22)20-11-10-16-13-21-18-5-3-2-4-17(16)18/h2-9,13,21H,10-12H2,1H3,(H,20,22). The Bertz CT molecular complexity index is 771. The lowest BCUT2D eigenvalue weighted by atomic mass is 10.1. The van der Waals surface area contributed by atoms with Crippen LogP contribution in [0.2, 0.25) is 0 Å². The molecule has 0 aliphatic heterocycles. The summed E-state index contributed by atoms with van der Waals surface area (Å²) < 4.78 is 0. The molecule has 0 radical (unpaired) electrons. The highest BCUT2D eigenvalue weighted by Gasteiger charge is 2.05. The van der Waals surface area contributed by atoms with Gasteiger partial charge in [-0.25, -0.2) is 0 Å². The molecule has 2 N–H and O–H groups in total. The highest BCUT2D eigenvalue weighted by atomic mass is 16.1. The largest absolute Gasteiger partial charge is 0.361 e. The second kappa shape index (κ2) is 6.48. The van der Waals surface area contributed by atoms with Crippen molar-refractivity contribution in [3.05, 3.63) is 71.4 Å². The molecule has 112 valence electrons. The topological polar surface area (TPSA) is 44.9 Å². The molecule has 0 saturated carbocycles. The lowest BCUT2D eigenvalue weighted by Crippen LogP contribution is -2.27. The summed E-state index contributed by atoms with van der Waals surface area (Å²) in [6.07, 6.45) is 3.30. The number of amides is 1. The van der Waals surface area contributed by atoms with Gasteiger partial charge in [-0.2, -0.15) is 0 Å². The molecular formula is C19H20N2O. The Labute approximate surface area is 130 Å². The Morgan fingerprint density at radius 1 is 1.09 bits per heavy atom. The molecule has 0 aliphatic rings. The van der Waals surface area contributed by atoms with Crippen LogP contribution in [0.1, 0.15) is 16.7 Å². The molecule has 3 nitrogen and oxygen atoms in total. The number of H-pyrrole nitrogens is 1. The summed E-state index contributed by atoms with van der Waals surface area (Å²) in [6.45, 7) is 2.71. The van der Waals surface area contributed by atoms with E-state index in [1.807, 2.05) is 49.5 Å². The fourth-order valence-corrected chi connectivity index (χ4v) is 2.63. The van der Waals surface area contributed by atoms with Crippen molar-refractivity contribution >= 4 is 16.8 Å². The van der Waals surface area contributed by atoms with Crippen molar-refractivity contribution in [3.8, 4) is 0 Å². The average Bonchev–Trinajstić information content (AvgIpc) is 2.93. The minimum absolute atomic E-state index is 0.0729. The molecule has 1 heterocycles. The van der Waals surface area contributed by atoms with Crippen molar-refractivity contribution in [2.75, 3.05) is 6.54 Å². The van der Waals surface area contributed by atoms with Crippen molar-refractivity contribution in [2.45, 2.75) is 19.8 Å². The van der Waals surface area contributed by atoms with E-state index in [1.165, 1.54) is 16.5 Å². The van der Waals surface area contributed by atoms with E-state index >= 15 is 0 Å². The summed E-state index contributed by atoms with van der Waals surface area (Å²) in [5.41, 5.74) is 4.65. The molecule has 0 atom stereocenters. The normalized spacial score (nSPS) is 10.8. The summed E-state index contributed by atoms with van der Waals surface area (Å²) in [5, 5.41) is 4.23. The van der Waals surface area contributed by atoms with Crippen LogP contribution < -0.4 is 5.32 Å². The van der Waals surface area contributed by atoms with Gasteiger partial charge in [-0.3, -0.25) is 4.79 Å². The van der Waals surface area contributed by atoms with Gasteiger partial charge in [0.1, 0.15) is 0 Å². The monoisotopic (exact) mass is 292 g/mol. The molecule has 22 heavy (non-hydrogen) atoms. The number of carbonyl (C=O) groups is 1. The van der Waals surface area contributed by atoms with E-state index in [9.17, 15) is 4.79 Å². The number of fused-ring (bicyclic) bond motifs is 1. The van der Waals surface area contributed by atoms with Gasteiger partial charge in [-0.1, -0.05) is 48.0 Å². The maximum Gasteiger partial charge on any atom is 0.224 e. The summed E-state index contributed by atoms with van der Waals surface area (Å²) in [4.78, 5) is 15.2. The van der Waals surface area contributed by atoms with Crippen LogP contribution in [0.4, 0.5) is 0 Å². The Hall–Kier alpha value is -2.55. The van der Waals surface area contributed by atoms with Gasteiger partial charge >= 0.3 is 0 Å². The molecule has 3 heteroatoms. The van der Waals surface area contributed by atoms with Gasteiger partial charge in [0, 0.05) is 23.6 Å². The zero-order valence-corrected chi connectivity index (χ0v) is 12.7. The molecule has 3 rings (SSSR count). The van der Waals surface area contributed by atoms with Crippen LogP contribution in [0.3, 0.4) is 0 Å². The first-order valence-electron chi connectivity index (χ1n) is 7.59. The predicted octanol–water partition coefficient (Wildman–Crippen LogP) is 3.38. The number of aryl methyl sites for hydroxylation is 1. The quantitative estimate of drug-likeness (QED) is 0.744. The minimum atomic E-state index is 0.0729. The van der Waals surface area contributed by atoms with Gasteiger partial charge in [0.25, 0.3) is 0 Å². The lowest BCUT2D eigenvalue weighted by molar-refractivity contribution is -0.120. The van der Waals surface area contributed by atoms with E-state index in [-0.39, 0.29) is 5.91 Å². The number of hydrogen-bond donors (Lipinski definition) is 2. The molecule has 0 aliphatic carbocycles. The van der Waals surface area contributed by atoms with E-state index in [0.717, 1.165) is 17.5 Å². The first kappa shape index (κ1) is 14.4. The van der Waals surface area contributed by atoms with Crippen LogP contribution >= 0.6 is 0 Å². The van der Waals surface area contributed by atoms with Crippen molar-refractivity contribution in [1.29, 1.82) is 0 Å². The number of carbonyl (C=O) groups excluding carboxylic acids is 1. The zero-order valence-electron chi connectivity index (χ0n) is 12.7. The Balaban J connectivity index is 1.52. The van der Waals surface area contributed by atoms with Gasteiger partial charge in [0.15, 0.2) is 0 Å². The Morgan fingerprint density at radius 3 is 2.68 bits per heavy atom. The second-order valence-electron chi connectivity index (χ2n) is 5.62. The highest BCUT2D eigenvalue weighted by Crippen LogP contribution is 2.17. The summed E-state index contributed by atoms with van der Waals surface area (Å²) >= 11 is 0. The van der Waals surface area contributed by atoms with Crippen LogP contribution in [-0.2, 0) is 17.6 Å². The van der Waals surface area contributed by atoms with Gasteiger partial charge in [0.05, 0.1) is 6.42 Å². The molecule has 0 spiro atoms. The average molecular weight is 292 g/mol. The summed E-state index contributed by atoms with van der Waals surface area (Å²) in [7, 11) is 0. The molecule has 2 aromatic carbocycles. The summed E-state index contributed by atoms with van der Waals surface area (Å²) in [6, 6.07) is 16.3. The first-order valence-corrected chi connectivity index (χ1v) is 7.59. The molecule has 3 aromatic rings. The summed E-state index contributed by atoms with van der Waals surface area (Å²) in [5.74, 6) is 0.0729. The molecule has 0 saturated heterocycles. The van der Waals surface area contributed by atoms with Gasteiger partial charge in [-0.05, 0) is 30.5 Å². The van der Waals surface area contributed by atoms with Crippen LogP contribution in [0.25, 0.3) is 10.9 Å². The van der Waals surface area contributed by atoms with Crippen LogP contribution in [0.5, 0.6) is 0 Å². The van der Waals surface area contributed by atoms with Gasteiger partial charge < -0.3 is 10.3 Å². The van der Waals surface area contributed by atoms with E-state index in [2.05, 4.69) is 22.4 Å². The third-order valence-corrected chi connectivity index (χ3v) is 3.88. The van der Waals surface area contributed by atoms with Crippen molar-refractivity contribution in [1.82, 2.24) is 10.3 Å². The van der Waals surface area contributed by atoms with Crippen LogP contribution in [0.15, 0.2) is 54.7 Å². The maximum absolute atomic E-state index is 12.0. The van der Waals surface area contributed by atoms with Gasteiger partial charge in [-0.15, -0.1) is 0 Å². The van der Waals surface area contributed by atoms with E-state index in [4.69, 9.17) is 0 Å². The molecule has 0 bridgehead atoms. The van der Waals surface area contributed by atoms with E-state index in [1.54, 1.807) is 0 Å². The molecular weight excluding hydrogens is 272 g/mol. The molecule has 1 aromatic heterocycles. The van der Waals surface area contributed by atoms with Crippen LogP contribution in [-0.4, -0.2) is 17.4 Å².